The summed E-state index contributed by atoms with van der Waals surface area (Å²) in [6.07, 6.45) is 1.87. The predicted molar refractivity (Wildman–Crippen MR) is 141 cm³/mol. The van der Waals surface area contributed by atoms with Gasteiger partial charge in [0.25, 0.3) is 0 Å². The highest BCUT2D eigenvalue weighted by Gasteiger charge is 2.51. The Morgan fingerprint density at radius 3 is 1.08 bits per heavy atom. The van der Waals surface area contributed by atoms with Gasteiger partial charge >= 0.3 is 0 Å². The molecular formula is C30H32N2O4. The molecule has 5 rings (SSSR count). The van der Waals surface area contributed by atoms with E-state index in [-0.39, 0.29) is 34.5 Å². The minimum Gasteiger partial charge on any atom is -0.457 e. The molecule has 2 unspecified atom stereocenters. The average Bonchev–Trinajstić information content (AvgIpc) is 3.70. The summed E-state index contributed by atoms with van der Waals surface area (Å²) in [5.74, 6) is 3.05. The maximum absolute atomic E-state index is 12.3. The molecule has 0 radical (unpaired) electrons. The third-order valence-electron chi connectivity index (χ3n) is 7.20. The van der Waals surface area contributed by atoms with E-state index < -0.39 is 0 Å². The number of anilines is 2. The van der Waals surface area contributed by atoms with E-state index in [2.05, 4.69) is 38.3 Å². The van der Waals surface area contributed by atoms with Gasteiger partial charge in [-0.05, 0) is 96.5 Å². The number of nitrogens with one attached hydrogen (secondary N) is 2. The molecule has 0 bridgehead atoms. The molecule has 3 aromatic carbocycles. The van der Waals surface area contributed by atoms with Crippen LogP contribution in [0, 0.1) is 22.7 Å². The molecule has 0 spiro atoms. The van der Waals surface area contributed by atoms with E-state index in [1.165, 1.54) is 0 Å². The van der Waals surface area contributed by atoms with E-state index >= 15 is 0 Å². The van der Waals surface area contributed by atoms with Gasteiger partial charge in [0, 0.05) is 23.2 Å². The highest BCUT2D eigenvalue weighted by atomic mass is 16.5. The molecule has 0 aromatic heterocycles. The first-order valence-electron chi connectivity index (χ1n) is 12.4. The smallest absolute Gasteiger partial charge is 0.228 e. The van der Waals surface area contributed by atoms with E-state index in [9.17, 15) is 9.59 Å². The van der Waals surface area contributed by atoms with E-state index in [1.54, 1.807) is 0 Å². The van der Waals surface area contributed by atoms with Gasteiger partial charge in [0.05, 0.1) is 0 Å². The van der Waals surface area contributed by atoms with Crippen molar-refractivity contribution >= 4 is 23.2 Å². The van der Waals surface area contributed by atoms with Gasteiger partial charge in [0.1, 0.15) is 23.0 Å². The second-order valence-electron chi connectivity index (χ2n) is 11.2. The van der Waals surface area contributed by atoms with Crippen molar-refractivity contribution in [1.82, 2.24) is 0 Å². The van der Waals surface area contributed by atoms with Crippen LogP contribution in [0.2, 0.25) is 0 Å². The van der Waals surface area contributed by atoms with Crippen molar-refractivity contribution in [2.24, 2.45) is 22.7 Å². The molecule has 6 heteroatoms. The molecule has 0 saturated heterocycles. The Balaban J connectivity index is 1.11. The monoisotopic (exact) mass is 484 g/mol. The third-order valence-corrected chi connectivity index (χ3v) is 7.20. The number of hydrogen-bond acceptors (Lipinski definition) is 4. The predicted octanol–water partition coefficient (Wildman–Crippen LogP) is 7.24. The minimum absolute atomic E-state index is 0.0750. The van der Waals surface area contributed by atoms with Crippen LogP contribution in [0.15, 0.2) is 72.8 Å². The van der Waals surface area contributed by atoms with Crippen LogP contribution in [-0.4, -0.2) is 11.8 Å². The first-order chi connectivity index (χ1) is 17.1. The lowest BCUT2D eigenvalue weighted by atomic mass is 10.1. The number of amides is 2. The summed E-state index contributed by atoms with van der Waals surface area (Å²) in [5, 5.41) is 5.95. The molecule has 2 aliphatic rings. The largest absolute Gasteiger partial charge is 0.457 e. The Morgan fingerprint density at radius 2 is 0.833 bits per heavy atom. The Hall–Kier alpha value is -3.80. The van der Waals surface area contributed by atoms with E-state index in [0.29, 0.717) is 23.0 Å². The molecule has 186 valence electrons. The highest BCUT2D eigenvalue weighted by molar-refractivity contribution is 5.95. The standard InChI is InChI=1S/C30H32N2O4/c1-29(2)17-25(29)27(33)31-19-5-9-21(10-6-19)35-23-13-15-24(16-14-23)36-22-11-7-20(8-12-22)32-28(34)26-18-30(26,3)4/h5-16,25-26H,17-18H2,1-4H3,(H,31,33)(H,32,34). The maximum Gasteiger partial charge on any atom is 0.228 e. The van der Waals surface area contributed by atoms with Crippen molar-refractivity contribution < 1.29 is 19.1 Å². The summed E-state index contributed by atoms with van der Waals surface area (Å²) in [7, 11) is 0. The molecule has 6 nitrogen and oxygen atoms in total. The number of carbonyl (C=O) groups is 2. The first kappa shape index (κ1) is 23.9. The molecule has 2 saturated carbocycles. The lowest BCUT2D eigenvalue weighted by Gasteiger charge is -2.11. The summed E-state index contributed by atoms with van der Waals surface area (Å²) >= 11 is 0. The van der Waals surface area contributed by atoms with Crippen molar-refractivity contribution in [1.29, 1.82) is 0 Å². The quantitative estimate of drug-likeness (QED) is 0.353. The lowest BCUT2D eigenvalue weighted by molar-refractivity contribution is -0.118. The normalized spacial score (nSPS) is 20.7. The Morgan fingerprint density at radius 1 is 0.583 bits per heavy atom. The van der Waals surface area contributed by atoms with Gasteiger partial charge in [-0.15, -0.1) is 0 Å². The van der Waals surface area contributed by atoms with Gasteiger partial charge in [-0.3, -0.25) is 9.59 Å². The highest BCUT2D eigenvalue weighted by Crippen LogP contribution is 2.52. The van der Waals surface area contributed by atoms with Crippen LogP contribution in [0.3, 0.4) is 0 Å². The summed E-state index contributed by atoms with van der Waals surface area (Å²) in [5.41, 5.74) is 1.75. The maximum atomic E-state index is 12.3. The molecule has 2 atom stereocenters. The van der Waals surface area contributed by atoms with Crippen LogP contribution in [-0.2, 0) is 9.59 Å². The molecule has 36 heavy (non-hydrogen) atoms. The van der Waals surface area contributed by atoms with Crippen molar-refractivity contribution in [2.75, 3.05) is 10.6 Å². The lowest BCUT2D eigenvalue weighted by Crippen LogP contribution is -2.16. The van der Waals surface area contributed by atoms with Gasteiger partial charge in [0.15, 0.2) is 0 Å². The van der Waals surface area contributed by atoms with Crippen molar-refractivity contribution in [3.63, 3.8) is 0 Å². The number of rotatable bonds is 8. The summed E-state index contributed by atoms with van der Waals surface area (Å²) in [6.45, 7) is 8.44. The van der Waals surface area contributed by atoms with Gasteiger partial charge in [0.2, 0.25) is 11.8 Å². The number of ether oxygens (including phenoxy) is 2. The molecule has 0 aliphatic heterocycles. The second kappa shape index (κ2) is 9.01. The summed E-state index contributed by atoms with van der Waals surface area (Å²) in [6, 6.07) is 22.1. The van der Waals surface area contributed by atoms with Crippen LogP contribution in [0.25, 0.3) is 0 Å². The molecule has 3 aromatic rings. The molecule has 0 heterocycles. The number of hydrogen-bond donors (Lipinski definition) is 2. The van der Waals surface area contributed by atoms with Crippen LogP contribution >= 0.6 is 0 Å². The minimum atomic E-state index is 0.0750. The second-order valence-corrected chi connectivity index (χ2v) is 11.2. The average molecular weight is 485 g/mol. The van der Waals surface area contributed by atoms with E-state index in [4.69, 9.17) is 9.47 Å². The Labute approximate surface area is 212 Å². The first-order valence-corrected chi connectivity index (χ1v) is 12.4. The Kier molecular flexibility index (Phi) is 5.99. The SMILES string of the molecule is CC1(C)CC1C(=O)Nc1ccc(Oc2ccc(Oc3ccc(NC(=O)C4CC4(C)C)cc3)cc2)cc1. The summed E-state index contributed by atoms with van der Waals surface area (Å²) in [4.78, 5) is 24.5. The van der Waals surface area contributed by atoms with Gasteiger partial charge in [-0.1, -0.05) is 27.7 Å². The van der Waals surface area contributed by atoms with Gasteiger partial charge in [-0.2, -0.15) is 0 Å². The van der Waals surface area contributed by atoms with Crippen LogP contribution < -0.4 is 20.1 Å². The Bertz CT molecular complexity index is 1160. The zero-order valence-electron chi connectivity index (χ0n) is 21.1. The fourth-order valence-electron chi connectivity index (χ4n) is 4.35. The van der Waals surface area contributed by atoms with Crippen LogP contribution in [0.5, 0.6) is 23.0 Å². The van der Waals surface area contributed by atoms with Gasteiger partial charge < -0.3 is 20.1 Å². The van der Waals surface area contributed by atoms with Crippen molar-refractivity contribution in [2.45, 2.75) is 40.5 Å². The van der Waals surface area contributed by atoms with Crippen molar-refractivity contribution in [3.8, 4) is 23.0 Å². The van der Waals surface area contributed by atoms with Crippen LogP contribution in [0.1, 0.15) is 40.5 Å². The van der Waals surface area contributed by atoms with Crippen LogP contribution in [0.4, 0.5) is 11.4 Å². The number of benzene rings is 3. The van der Waals surface area contributed by atoms with E-state index in [0.717, 1.165) is 24.2 Å². The van der Waals surface area contributed by atoms with Gasteiger partial charge in [-0.25, -0.2) is 0 Å². The number of carbonyl (C=O) groups excluding carboxylic acids is 2. The molecule has 2 aliphatic carbocycles. The zero-order chi connectivity index (χ0) is 25.5. The molecular weight excluding hydrogens is 452 g/mol. The molecule has 2 fully saturated rings. The third kappa shape index (κ3) is 5.54. The topological polar surface area (TPSA) is 76.7 Å². The zero-order valence-corrected chi connectivity index (χ0v) is 21.1. The summed E-state index contributed by atoms with van der Waals surface area (Å²) < 4.78 is 11.8. The molecule has 2 amide bonds. The molecule has 2 N–H and O–H groups in total. The fourth-order valence-corrected chi connectivity index (χ4v) is 4.35. The van der Waals surface area contributed by atoms with Crippen molar-refractivity contribution in [3.05, 3.63) is 72.8 Å². The van der Waals surface area contributed by atoms with E-state index in [1.807, 2.05) is 72.8 Å². The fraction of sp³-hybridized carbons (Fsp3) is 0.333.